The Hall–Kier alpha value is -5.28. The first-order valence-electron chi connectivity index (χ1n) is 13.6. The third-order valence-corrected chi connectivity index (χ3v) is 8.53. The van der Waals surface area contributed by atoms with Crippen molar-refractivity contribution in [3.63, 3.8) is 0 Å². The van der Waals surface area contributed by atoms with Crippen LogP contribution >= 0.6 is 0 Å². The fourth-order valence-corrected chi connectivity index (χ4v) is 6.97. The highest BCUT2D eigenvalue weighted by Gasteiger charge is 2.50. The van der Waals surface area contributed by atoms with Crippen LogP contribution in [0.5, 0.6) is 11.5 Å². The van der Waals surface area contributed by atoms with Gasteiger partial charge in [-0.1, -0.05) is 91.0 Å². The quantitative estimate of drug-likeness (QED) is 0.250. The summed E-state index contributed by atoms with van der Waals surface area (Å²) in [7, 11) is 0. The van der Waals surface area contributed by atoms with Crippen LogP contribution in [0.3, 0.4) is 0 Å². The van der Waals surface area contributed by atoms with E-state index in [-0.39, 0.29) is 0 Å². The minimum Gasteiger partial charge on any atom is -0.457 e. The Morgan fingerprint density at radius 2 is 1.15 bits per heavy atom. The van der Waals surface area contributed by atoms with Crippen LogP contribution in [0.1, 0.15) is 22.3 Å². The molecule has 1 aliphatic heterocycles. The van der Waals surface area contributed by atoms with E-state index < -0.39 is 5.41 Å². The van der Waals surface area contributed by atoms with Crippen LogP contribution in [-0.4, -0.2) is 0 Å². The Labute approximate surface area is 231 Å². The molecule has 3 nitrogen and oxygen atoms in total. The predicted octanol–water partition coefficient (Wildman–Crippen LogP) is 9.80. The van der Waals surface area contributed by atoms with E-state index in [9.17, 15) is 0 Å². The van der Waals surface area contributed by atoms with Gasteiger partial charge in [-0.05, 0) is 64.7 Å². The molecule has 2 aliphatic rings. The molecule has 6 aromatic carbocycles. The lowest BCUT2D eigenvalue weighted by molar-refractivity contribution is 0.436. The molecule has 1 aromatic heterocycles. The van der Waals surface area contributed by atoms with E-state index in [4.69, 9.17) is 9.15 Å². The van der Waals surface area contributed by atoms with Crippen molar-refractivity contribution in [2.45, 2.75) is 5.41 Å². The smallest absolute Gasteiger partial charge is 0.137 e. The number of hydrogen-bond acceptors (Lipinski definition) is 3. The molecule has 0 unspecified atom stereocenters. The number of furan rings is 1. The topological polar surface area (TPSA) is 34.4 Å². The lowest BCUT2D eigenvalue weighted by Gasteiger charge is -2.39. The Bertz CT molecular complexity index is 2090. The second-order valence-corrected chi connectivity index (χ2v) is 10.6. The first-order chi connectivity index (χ1) is 19.8. The van der Waals surface area contributed by atoms with Gasteiger partial charge >= 0.3 is 0 Å². The molecule has 0 radical (unpaired) electrons. The highest BCUT2D eigenvalue weighted by Crippen LogP contribution is 2.62. The van der Waals surface area contributed by atoms with Gasteiger partial charge in [0.15, 0.2) is 0 Å². The summed E-state index contributed by atoms with van der Waals surface area (Å²) in [4.78, 5) is 0. The van der Waals surface area contributed by atoms with Crippen LogP contribution in [0.25, 0.3) is 33.1 Å². The summed E-state index contributed by atoms with van der Waals surface area (Å²) in [6.45, 7) is 0. The largest absolute Gasteiger partial charge is 0.457 e. The molecule has 188 valence electrons. The van der Waals surface area contributed by atoms with Crippen molar-refractivity contribution in [3.05, 3.63) is 156 Å². The Balaban J connectivity index is 1.28. The van der Waals surface area contributed by atoms with Crippen molar-refractivity contribution in [1.29, 1.82) is 0 Å². The van der Waals surface area contributed by atoms with Gasteiger partial charge in [0.1, 0.15) is 22.7 Å². The van der Waals surface area contributed by atoms with E-state index in [0.717, 1.165) is 44.8 Å². The molecule has 0 bridgehead atoms. The van der Waals surface area contributed by atoms with Gasteiger partial charge in [0.25, 0.3) is 0 Å². The highest BCUT2D eigenvalue weighted by molar-refractivity contribution is 6.12. The summed E-state index contributed by atoms with van der Waals surface area (Å²) < 4.78 is 12.6. The van der Waals surface area contributed by atoms with Gasteiger partial charge in [0.2, 0.25) is 0 Å². The van der Waals surface area contributed by atoms with Gasteiger partial charge in [-0.2, -0.15) is 0 Å². The van der Waals surface area contributed by atoms with Crippen molar-refractivity contribution in [2.75, 3.05) is 5.32 Å². The van der Waals surface area contributed by atoms with Gasteiger partial charge in [-0.3, -0.25) is 0 Å². The molecule has 40 heavy (non-hydrogen) atoms. The fraction of sp³-hybridized carbons (Fsp3) is 0.0270. The van der Waals surface area contributed by atoms with Crippen molar-refractivity contribution in [3.8, 4) is 22.6 Å². The number of nitrogens with one attached hydrogen (secondary N) is 1. The zero-order chi connectivity index (χ0) is 26.3. The van der Waals surface area contributed by atoms with Gasteiger partial charge in [0.05, 0.1) is 16.5 Å². The van der Waals surface area contributed by atoms with Crippen LogP contribution in [0.15, 0.2) is 138 Å². The van der Waals surface area contributed by atoms with Crippen molar-refractivity contribution in [2.24, 2.45) is 0 Å². The van der Waals surface area contributed by atoms with E-state index in [1.54, 1.807) is 0 Å². The fourth-order valence-electron chi connectivity index (χ4n) is 6.97. The molecule has 1 spiro atoms. The molecule has 0 saturated carbocycles. The van der Waals surface area contributed by atoms with Crippen molar-refractivity contribution in [1.82, 2.24) is 0 Å². The molecular weight excluding hydrogens is 490 g/mol. The monoisotopic (exact) mass is 513 g/mol. The average molecular weight is 514 g/mol. The van der Waals surface area contributed by atoms with E-state index in [1.165, 1.54) is 33.4 Å². The van der Waals surface area contributed by atoms with Crippen LogP contribution in [-0.2, 0) is 5.41 Å². The van der Waals surface area contributed by atoms with Crippen molar-refractivity contribution < 1.29 is 9.15 Å². The number of fused-ring (bicyclic) bond motifs is 12. The SMILES string of the molecule is c1ccc2c(c1)Oc1ccccc1C21c2ccccc2-c2cc(Nc3cccc4oc5ccccc5c34)ccc21. The molecule has 0 amide bonds. The van der Waals surface area contributed by atoms with Gasteiger partial charge in [-0.25, -0.2) is 0 Å². The molecule has 1 aliphatic carbocycles. The van der Waals surface area contributed by atoms with Gasteiger partial charge in [0, 0.05) is 22.2 Å². The number of anilines is 2. The maximum atomic E-state index is 6.44. The average Bonchev–Trinajstić information content (AvgIpc) is 3.52. The Morgan fingerprint density at radius 1 is 0.500 bits per heavy atom. The lowest BCUT2D eigenvalue weighted by atomic mass is 9.66. The van der Waals surface area contributed by atoms with Crippen LogP contribution in [0.4, 0.5) is 11.4 Å². The molecule has 7 aromatic rings. The maximum absolute atomic E-state index is 6.44. The zero-order valence-corrected chi connectivity index (χ0v) is 21.5. The standard InChI is InChI=1S/C37H23NO2/c1-3-12-27-24(10-1)26-22-23(38-31-15-9-19-35-36(31)25-11-2-6-16-32(25)39-35)20-21-28(26)37(27)29-13-4-7-17-33(29)40-34-18-8-5-14-30(34)37/h1-22,38H. The summed E-state index contributed by atoms with van der Waals surface area (Å²) in [6, 6.07) is 46.9. The second kappa shape index (κ2) is 7.87. The number of benzene rings is 6. The first kappa shape index (κ1) is 21.6. The van der Waals surface area contributed by atoms with Crippen molar-refractivity contribution >= 4 is 33.3 Å². The molecule has 1 N–H and O–H groups in total. The second-order valence-electron chi connectivity index (χ2n) is 10.6. The van der Waals surface area contributed by atoms with Crippen LogP contribution in [0.2, 0.25) is 0 Å². The summed E-state index contributed by atoms with van der Waals surface area (Å²) in [5, 5.41) is 5.94. The lowest BCUT2D eigenvalue weighted by Crippen LogP contribution is -2.32. The third-order valence-electron chi connectivity index (χ3n) is 8.53. The van der Waals surface area contributed by atoms with E-state index >= 15 is 0 Å². The van der Waals surface area contributed by atoms with Crippen LogP contribution < -0.4 is 10.1 Å². The summed E-state index contributed by atoms with van der Waals surface area (Å²) in [6.07, 6.45) is 0. The zero-order valence-electron chi connectivity index (χ0n) is 21.5. The third kappa shape index (κ3) is 2.73. The maximum Gasteiger partial charge on any atom is 0.137 e. The molecule has 0 atom stereocenters. The number of ether oxygens (including phenoxy) is 1. The molecule has 0 fully saturated rings. The van der Waals surface area contributed by atoms with Gasteiger partial charge < -0.3 is 14.5 Å². The number of para-hydroxylation sites is 3. The number of rotatable bonds is 2. The normalized spacial score (nSPS) is 13.9. The predicted molar refractivity (Wildman–Crippen MR) is 161 cm³/mol. The minimum absolute atomic E-state index is 0.448. The van der Waals surface area contributed by atoms with Crippen LogP contribution in [0, 0.1) is 0 Å². The summed E-state index contributed by atoms with van der Waals surface area (Å²) in [5.41, 5.74) is 10.8. The highest BCUT2D eigenvalue weighted by atomic mass is 16.5. The Morgan fingerprint density at radius 3 is 1.98 bits per heavy atom. The van der Waals surface area contributed by atoms with E-state index in [0.29, 0.717) is 0 Å². The summed E-state index contributed by atoms with van der Waals surface area (Å²) >= 11 is 0. The summed E-state index contributed by atoms with van der Waals surface area (Å²) in [5.74, 6) is 1.81. The molecular formula is C37H23NO2. The van der Waals surface area contributed by atoms with E-state index in [1.807, 2.05) is 24.3 Å². The van der Waals surface area contributed by atoms with E-state index in [2.05, 4.69) is 115 Å². The molecule has 2 heterocycles. The molecule has 0 saturated heterocycles. The minimum atomic E-state index is -0.448. The molecule has 9 rings (SSSR count). The number of hydrogen-bond donors (Lipinski definition) is 1. The van der Waals surface area contributed by atoms with Gasteiger partial charge in [-0.15, -0.1) is 0 Å². The first-order valence-corrected chi connectivity index (χ1v) is 13.6. The Kier molecular flexibility index (Phi) is 4.26. The molecule has 3 heteroatoms.